The molecule has 0 fully saturated rings. The van der Waals surface area contributed by atoms with E-state index >= 15 is 0 Å². The van der Waals surface area contributed by atoms with E-state index in [0.717, 1.165) is 6.54 Å². The quantitative estimate of drug-likeness (QED) is 0.604. The van der Waals surface area contributed by atoms with Gasteiger partial charge in [0.15, 0.2) is 0 Å². The van der Waals surface area contributed by atoms with E-state index in [4.69, 9.17) is 0 Å². The Morgan fingerprint density at radius 1 is 1.04 bits per heavy atom. The van der Waals surface area contributed by atoms with Gasteiger partial charge in [-0.25, -0.2) is 21.6 Å². The van der Waals surface area contributed by atoms with Crippen LogP contribution in [0.5, 0.6) is 0 Å². The van der Waals surface area contributed by atoms with E-state index in [-0.39, 0.29) is 34.8 Å². The van der Waals surface area contributed by atoms with E-state index in [0.29, 0.717) is 13.1 Å². The Hall–Kier alpha value is -0.710. The Bertz CT molecular complexity index is 735. The van der Waals surface area contributed by atoms with Crippen LogP contribution in [-0.4, -0.2) is 53.4 Å². The molecule has 0 aliphatic heterocycles. The van der Waals surface area contributed by atoms with Crippen molar-refractivity contribution in [3.8, 4) is 0 Å². The summed E-state index contributed by atoms with van der Waals surface area (Å²) >= 11 is 0. The van der Waals surface area contributed by atoms with Crippen molar-refractivity contribution in [1.82, 2.24) is 14.3 Å². The lowest BCUT2D eigenvalue weighted by Gasteiger charge is -2.19. The van der Waals surface area contributed by atoms with Crippen LogP contribution in [0.15, 0.2) is 34.1 Å². The molecule has 0 spiro atoms. The van der Waals surface area contributed by atoms with Crippen molar-refractivity contribution >= 4 is 32.5 Å². The molecule has 0 unspecified atom stereocenters. The molecular formula is C15H28ClN3O4S2. The maximum absolute atomic E-state index is 12.5. The molecule has 1 atom stereocenters. The summed E-state index contributed by atoms with van der Waals surface area (Å²) < 4.78 is 53.6. The number of hydrogen-bond acceptors (Lipinski definition) is 5. The van der Waals surface area contributed by atoms with Gasteiger partial charge in [-0.2, -0.15) is 4.31 Å². The van der Waals surface area contributed by atoms with E-state index in [1.54, 1.807) is 13.8 Å². The zero-order valence-corrected chi connectivity index (χ0v) is 17.5. The molecule has 0 saturated carbocycles. The molecule has 1 aromatic rings. The number of hydrogen-bond donors (Lipinski definition) is 2. The first-order valence-electron chi connectivity index (χ1n) is 8.02. The molecule has 10 heteroatoms. The van der Waals surface area contributed by atoms with Gasteiger partial charge in [-0.15, -0.1) is 12.4 Å². The largest absolute Gasteiger partial charge is 0.313 e. The molecule has 146 valence electrons. The zero-order chi connectivity index (χ0) is 18.4. The Labute approximate surface area is 157 Å². The predicted octanol–water partition coefficient (Wildman–Crippen LogP) is 1.42. The van der Waals surface area contributed by atoms with Gasteiger partial charge < -0.3 is 5.32 Å². The molecule has 0 heterocycles. The van der Waals surface area contributed by atoms with Crippen molar-refractivity contribution in [3.05, 3.63) is 24.3 Å². The van der Waals surface area contributed by atoms with E-state index < -0.39 is 20.0 Å². The third kappa shape index (κ3) is 6.50. The van der Waals surface area contributed by atoms with Gasteiger partial charge in [-0.05, 0) is 31.7 Å². The maximum Gasteiger partial charge on any atom is 0.243 e. The van der Waals surface area contributed by atoms with Gasteiger partial charge in [0.1, 0.15) is 0 Å². The van der Waals surface area contributed by atoms with E-state index in [1.807, 2.05) is 13.8 Å². The van der Waals surface area contributed by atoms with Crippen LogP contribution < -0.4 is 10.0 Å². The second kappa shape index (κ2) is 10.4. The van der Waals surface area contributed by atoms with Crippen LogP contribution in [0, 0.1) is 0 Å². The van der Waals surface area contributed by atoms with Crippen LogP contribution in [0.4, 0.5) is 0 Å². The van der Waals surface area contributed by atoms with Crippen LogP contribution in [0.1, 0.15) is 27.7 Å². The number of nitrogens with zero attached hydrogens (tertiary/aromatic N) is 1. The topological polar surface area (TPSA) is 95.6 Å². The molecule has 25 heavy (non-hydrogen) atoms. The molecular weight excluding hydrogens is 386 g/mol. The third-order valence-electron chi connectivity index (χ3n) is 3.59. The minimum Gasteiger partial charge on any atom is -0.313 e. The average molecular weight is 414 g/mol. The minimum absolute atomic E-state index is 0. The highest BCUT2D eigenvalue weighted by Gasteiger charge is 2.24. The van der Waals surface area contributed by atoms with Gasteiger partial charge in [0, 0.05) is 25.7 Å². The molecule has 0 aliphatic rings. The van der Waals surface area contributed by atoms with Crippen LogP contribution in [0.2, 0.25) is 0 Å². The Morgan fingerprint density at radius 2 is 1.60 bits per heavy atom. The van der Waals surface area contributed by atoms with Gasteiger partial charge >= 0.3 is 0 Å². The fourth-order valence-electron chi connectivity index (χ4n) is 2.25. The van der Waals surface area contributed by atoms with E-state index in [2.05, 4.69) is 10.0 Å². The molecule has 0 saturated heterocycles. The van der Waals surface area contributed by atoms with Gasteiger partial charge in [-0.1, -0.05) is 26.8 Å². The second-order valence-corrected chi connectivity index (χ2v) is 9.08. The van der Waals surface area contributed by atoms with E-state index in [1.165, 1.54) is 28.6 Å². The summed E-state index contributed by atoms with van der Waals surface area (Å²) in [6.07, 6.45) is 0. The van der Waals surface area contributed by atoms with Crippen LogP contribution in [-0.2, 0) is 20.0 Å². The summed E-state index contributed by atoms with van der Waals surface area (Å²) in [6.45, 7) is 8.91. The van der Waals surface area contributed by atoms with E-state index in [9.17, 15) is 16.8 Å². The standard InChI is InChI=1S/C15H27N3O4S2.ClH/c1-5-16-13(4)12-17-23(19,20)14-9-8-10-15(11-14)24(21,22)18(6-2)7-3;/h8-11,13,16-17H,5-7,12H2,1-4H3;1H/t13-;/m1./s1. The lowest BCUT2D eigenvalue weighted by atomic mass is 10.3. The van der Waals surface area contributed by atoms with Gasteiger partial charge in [-0.3, -0.25) is 0 Å². The maximum atomic E-state index is 12.5. The number of sulfonamides is 2. The Morgan fingerprint density at radius 3 is 2.12 bits per heavy atom. The number of benzene rings is 1. The van der Waals surface area contributed by atoms with Crippen LogP contribution in [0.25, 0.3) is 0 Å². The van der Waals surface area contributed by atoms with Crippen molar-refractivity contribution < 1.29 is 16.8 Å². The molecule has 0 aromatic heterocycles. The smallest absolute Gasteiger partial charge is 0.243 e. The van der Waals surface area contributed by atoms with Gasteiger partial charge in [0.05, 0.1) is 9.79 Å². The normalized spacial score (nSPS) is 13.5. The highest BCUT2D eigenvalue weighted by molar-refractivity contribution is 7.90. The van der Waals surface area contributed by atoms with Crippen molar-refractivity contribution in [2.24, 2.45) is 0 Å². The lowest BCUT2D eigenvalue weighted by Crippen LogP contribution is -2.38. The number of rotatable bonds is 10. The minimum atomic E-state index is -3.77. The lowest BCUT2D eigenvalue weighted by molar-refractivity contribution is 0.445. The van der Waals surface area contributed by atoms with Crippen molar-refractivity contribution in [1.29, 1.82) is 0 Å². The van der Waals surface area contributed by atoms with Crippen LogP contribution >= 0.6 is 12.4 Å². The molecule has 1 rings (SSSR count). The Balaban J connectivity index is 0.00000576. The van der Waals surface area contributed by atoms with Crippen LogP contribution in [0.3, 0.4) is 0 Å². The van der Waals surface area contributed by atoms with Crippen molar-refractivity contribution in [2.45, 2.75) is 43.5 Å². The second-order valence-electron chi connectivity index (χ2n) is 5.37. The van der Waals surface area contributed by atoms with Crippen molar-refractivity contribution in [2.75, 3.05) is 26.2 Å². The summed E-state index contributed by atoms with van der Waals surface area (Å²) in [5.74, 6) is 0. The summed E-state index contributed by atoms with van der Waals surface area (Å²) in [7, 11) is -7.46. The molecule has 0 bridgehead atoms. The zero-order valence-electron chi connectivity index (χ0n) is 15.0. The highest BCUT2D eigenvalue weighted by atomic mass is 35.5. The summed E-state index contributed by atoms with van der Waals surface area (Å²) in [5, 5.41) is 3.11. The molecule has 7 nitrogen and oxygen atoms in total. The monoisotopic (exact) mass is 413 g/mol. The molecule has 0 radical (unpaired) electrons. The average Bonchev–Trinajstić information content (AvgIpc) is 2.54. The summed E-state index contributed by atoms with van der Waals surface area (Å²) in [6, 6.07) is 5.43. The number of nitrogens with one attached hydrogen (secondary N) is 2. The molecule has 0 aliphatic carbocycles. The fourth-order valence-corrected chi connectivity index (χ4v) is 5.01. The highest BCUT2D eigenvalue weighted by Crippen LogP contribution is 2.19. The first kappa shape index (κ1) is 24.3. The molecule has 0 amide bonds. The molecule has 2 N–H and O–H groups in total. The Kier molecular flexibility index (Phi) is 10.1. The number of halogens is 1. The number of likely N-dealkylation sites (N-methyl/N-ethyl adjacent to an activating group) is 1. The summed E-state index contributed by atoms with van der Waals surface area (Å²) in [5.41, 5.74) is 0. The van der Waals surface area contributed by atoms with Gasteiger partial charge in [0.2, 0.25) is 20.0 Å². The van der Waals surface area contributed by atoms with Crippen molar-refractivity contribution in [3.63, 3.8) is 0 Å². The fraction of sp³-hybridized carbons (Fsp3) is 0.600. The van der Waals surface area contributed by atoms with Gasteiger partial charge in [0.25, 0.3) is 0 Å². The first-order chi connectivity index (χ1) is 11.2. The SMILES string of the molecule is CCN[C@H](C)CNS(=O)(=O)c1cccc(S(=O)(=O)N(CC)CC)c1.Cl. The molecule has 1 aromatic carbocycles. The third-order valence-corrected chi connectivity index (χ3v) is 7.06. The first-order valence-corrected chi connectivity index (χ1v) is 10.9. The predicted molar refractivity (Wildman–Crippen MR) is 102 cm³/mol. The summed E-state index contributed by atoms with van der Waals surface area (Å²) in [4.78, 5) is -0.0757.